The van der Waals surface area contributed by atoms with Crippen LogP contribution in [0, 0.1) is 0 Å². The highest BCUT2D eigenvalue weighted by atomic mass is 79.9. The highest BCUT2D eigenvalue weighted by Gasteiger charge is 2.11. The molecule has 0 unspecified atom stereocenters. The lowest BCUT2D eigenvalue weighted by Gasteiger charge is -2.06. The zero-order valence-electron chi connectivity index (χ0n) is 12.0. The largest absolute Gasteiger partial charge is 0.382 e. The second-order valence-corrected chi connectivity index (χ2v) is 5.11. The summed E-state index contributed by atoms with van der Waals surface area (Å²) in [6.07, 6.45) is 1.95. The number of nitrogens with one attached hydrogen (secondary N) is 1. The minimum Gasteiger partial charge on any atom is -0.382 e. The zero-order chi connectivity index (χ0) is 14.1. The van der Waals surface area contributed by atoms with Crippen molar-refractivity contribution in [2.24, 2.45) is 7.05 Å². The first kappa shape index (κ1) is 16.6. The molecule has 0 aliphatic carbocycles. The fourth-order valence-electron chi connectivity index (χ4n) is 1.76. The number of aromatic nitrogens is 2. The van der Waals surface area contributed by atoms with Gasteiger partial charge in [0.2, 0.25) is 0 Å². The molecule has 1 rings (SSSR count). The second-order valence-electron chi connectivity index (χ2n) is 4.32. The summed E-state index contributed by atoms with van der Waals surface area (Å²) in [6.45, 7) is 5.97. The van der Waals surface area contributed by atoms with Crippen molar-refractivity contribution >= 4 is 15.9 Å². The normalized spacial score (nSPS) is 11.2. The van der Waals surface area contributed by atoms with Crippen LogP contribution in [0.4, 0.5) is 0 Å². The van der Waals surface area contributed by atoms with Crippen molar-refractivity contribution < 1.29 is 9.47 Å². The summed E-state index contributed by atoms with van der Waals surface area (Å²) in [5.74, 6) is 0. The molecule has 0 saturated carbocycles. The van der Waals surface area contributed by atoms with Gasteiger partial charge in [0, 0.05) is 27.3 Å². The van der Waals surface area contributed by atoms with Crippen LogP contribution in [0.3, 0.4) is 0 Å². The number of nitrogens with zero attached hydrogens (tertiary/aromatic N) is 2. The van der Waals surface area contributed by atoms with Gasteiger partial charge in [-0.15, -0.1) is 0 Å². The maximum Gasteiger partial charge on any atom is 0.0767 e. The lowest BCUT2D eigenvalue weighted by atomic mass is 10.3. The lowest BCUT2D eigenvalue weighted by Crippen LogP contribution is -2.19. The number of halogens is 1. The van der Waals surface area contributed by atoms with E-state index < -0.39 is 0 Å². The molecule has 0 fully saturated rings. The SMILES string of the molecule is CCc1nn(C)c(CNCCCOCCOC)c1Br. The Bertz CT molecular complexity index is 369. The van der Waals surface area contributed by atoms with Gasteiger partial charge in [-0.05, 0) is 35.3 Å². The summed E-state index contributed by atoms with van der Waals surface area (Å²) in [6, 6.07) is 0. The van der Waals surface area contributed by atoms with Crippen LogP contribution in [-0.4, -0.2) is 43.3 Å². The molecule has 0 atom stereocenters. The third kappa shape index (κ3) is 5.60. The van der Waals surface area contributed by atoms with E-state index in [0.717, 1.165) is 42.7 Å². The molecule has 1 aromatic heterocycles. The van der Waals surface area contributed by atoms with E-state index >= 15 is 0 Å². The monoisotopic (exact) mass is 333 g/mol. The van der Waals surface area contributed by atoms with Crippen molar-refractivity contribution in [1.29, 1.82) is 0 Å². The van der Waals surface area contributed by atoms with E-state index in [4.69, 9.17) is 9.47 Å². The van der Waals surface area contributed by atoms with Gasteiger partial charge in [-0.1, -0.05) is 6.92 Å². The van der Waals surface area contributed by atoms with Crippen LogP contribution in [0.5, 0.6) is 0 Å². The number of rotatable bonds is 10. The van der Waals surface area contributed by atoms with E-state index in [0.29, 0.717) is 13.2 Å². The number of hydrogen-bond donors (Lipinski definition) is 1. The van der Waals surface area contributed by atoms with E-state index in [2.05, 4.69) is 33.3 Å². The van der Waals surface area contributed by atoms with Crippen molar-refractivity contribution in [3.8, 4) is 0 Å². The second kappa shape index (κ2) is 9.47. The average Bonchev–Trinajstić information content (AvgIpc) is 2.68. The zero-order valence-corrected chi connectivity index (χ0v) is 13.6. The van der Waals surface area contributed by atoms with E-state index in [1.165, 1.54) is 5.69 Å². The third-order valence-electron chi connectivity index (χ3n) is 2.87. The van der Waals surface area contributed by atoms with Gasteiger partial charge < -0.3 is 14.8 Å². The van der Waals surface area contributed by atoms with Gasteiger partial charge in [0.1, 0.15) is 0 Å². The van der Waals surface area contributed by atoms with Crippen LogP contribution in [0.1, 0.15) is 24.7 Å². The third-order valence-corrected chi connectivity index (χ3v) is 3.78. The molecule has 1 N–H and O–H groups in total. The first-order valence-corrected chi connectivity index (χ1v) is 7.47. The van der Waals surface area contributed by atoms with E-state index in [9.17, 15) is 0 Å². The molecule has 1 aromatic rings. The Kier molecular flexibility index (Phi) is 8.29. The number of hydrogen-bond acceptors (Lipinski definition) is 4. The first-order chi connectivity index (χ1) is 9.20. The molecule has 0 saturated heterocycles. The number of aryl methyl sites for hydroxylation is 2. The highest BCUT2D eigenvalue weighted by molar-refractivity contribution is 9.10. The molecule has 1 heterocycles. The Balaban J connectivity index is 2.17. The Morgan fingerprint density at radius 3 is 2.74 bits per heavy atom. The van der Waals surface area contributed by atoms with Gasteiger partial charge in [-0.25, -0.2) is 0 Å². The molecule has 0 aliphatic rings. The van der Waals surface area contributed by atoms with Gasteiger partial charge in [-0.2, -0.15) is 5.10 Å². The molecule has 0 radical (unpaired) electrons. The van der Waals surface area contributed by atoms with E-state index in [-0.39, 0.29) is 0 Å². The predicted molar refractivity (Wildman–Crippen MR) is 79.3 cm³/mol. The molecular formula is C13H24BrN3O2. The highest BCUT2D eigenvalue weighted by Crippen LogP contribution is 2.21. The molecule has 0 amide bonds. The Hall–Kier alpha value is -0.430. The minimum absolute atomic E-state index is 0.662. The van der Waals surface area contributed by atoms with Gasteiger partial charge in [0.15, 0.2) is 0 Å². The molecule has 6 heteroatoms. The Labute approximate surface area is 123 Å². The maximum absolute atomic E-state index is 5.40. The average molecular weight is 334 g/mol. The van der Waals surface area contributed by atoms with Crippen LogP contribution in [0.15, 0.2) is 4.47 Å². The quantitative estimate of drug-likeness (QED) is 0.664. The number of methoxy groups -OCH3 is 1. The van der Waals surface area contributed by atoms with Gasteiger partial charge >= 0.3 is 0 Å². The van der Waals surface area contributed by atoms with Crippen LogP contribution >= 0.6 is 15.9 Å². The molecule has 0 bridgehead atoms. The summed E-state index contributed by atoms with van der Waals surface area (Å²) in [7, 11) is 3.66. The minimum atomic E-state index is 0.662. The summed E-state index contributed by atoms with van der Waals surface area (Å²) >= 11 is 3.61. The van der Waals surface area contributed by atoms with Crippen LogP contribution in [0.25, 0.3) is 0 Å². The fourth-order valence-corrected chi connectivity index (χ4v) is 2.52. The van der Waals surface area contributed by atoms with Crippen molar-refractivity contribution in [3.05, 3.63) is 15.9 Å². The van der Waals surface area contributed by atoms with Crippen molar-refractivity contribution in [2.45, 2.75) is 26.3 Å². The topological polar surface area (TPSA) is 48.3 Å². The van der Waals surface area contributed by atoms with Gasteiger partial charge in [-0.3, -0.25) is 4.68 Å². The standard InChI is InChI=1S/C13H24BrN3O2/c1-4-11-13(14)12(17(2)16-11)10-15-6-5-7-19-9-8-18-3/h15H,4-10H2,1-3H3. The molecule has 110 valence electrons. The molecule has 0 aromatic carbocycles. The summed E-state index contributed by atoms with van der Waals surface area (Å²) in [5.41, 5.74) is 2.30. The van der Waals surface area contributed by atoms with Crippen molar-refractivity contribution in [3.63, 3.8) is 0 Å². The van der Waals surface area contributed by atoms with Gasteiger partial charge in [0.05, 0.1) is 29.1 Å². The molecule has 5 nitrogen and oxygen atoms in total. The van der Waals surface area contributed by atoms with Crippen molar-refractivity contribution in [2.75, 3.05) is 33.5 Å². The van der Waals surface area contributed by atoms with E-state index in [1.54, 1.807) is 7.11 Å². The summed E-state index contributed by atoms with van der Waals surface area (Å²) in [4.78, 5) is 0. The van der Waals surface area contributed by atoms with Crippen LogP contribution in [0.2, 0.25) is 0 Å². The van der Waals surface area contributed by atoms with E-state index in [1.807, 2.05) is 11.7 Å². The Morgan fingerprint density at radius 1 is 1.32 bits per heavy atom. The van der Waals surface area contributed by atoms with Gasteiger partial charge in [0.25, 0.3) is 0 Å². The number of ether oxygens (including phenoxy) is 2. The van der Waals surface area contributed by atoms with Crippen molar-refractivity contribution in [1.82, 2.24) is 15.1 Å². The predicted octanol–water partition coefficient (Wildman–Crippen LogP) is 1.89. The lowest BCUT2D eigenvalue weighted by molar-refractivity contribution is 0.0694. The maximum atomic E-state index is 5.40. The molecule has 0 aliphatic heterocycles. The fraction of sp³-hybridized carbons (Fsp3) is 0.769. The smallest absolute Gasteiger partial charge is 0.0767 e. The first-order valence-electron chi connectivity index (χ1n) is 6.68. The molecule has 0 spiro atoms. The van der Waals surface area contributed by atoms with Crippen LogP contribution in [-0.2, 0) is 29.5 Å². The summed E-state index contributed by atoms with van der Waals surface area (Å²) in [5, 5.41) is 7.88. The van der Waals surface area contributed by atoms with Crippen LogP contribution < -0.4 is 5.32 Å². The summed E-state index contributed by atoms with van der Waals surface area (Å²) < 4.78 is 13.4. The molecular weight excluding hydrogens is 310 g/mol. The Morgan fingerprint density at radius 2 is 2.11 bits per heavy atom. The molecule has 19 heavy (non-hydrogen) atoms.